The molecule has 8 nitrogen and oxygen atoms in total. The maximum Gasteiger partial charge on any atom is 0.353 e. The number of aliphatic hydroxyl groups is 1. The number of carbonyl (C=O) groups is 3. The Hall–Kier alpha value is -1.58. The van der Waals surface area contributed by atoms with Crippen LogP contribution < -0.4 is 11.1 Å². The molecule has 2 amide bonds. The monoisotopic (exact) mass is 369 g/mol. The van der Waals surface area contributed by atoms with Gasteiger partial charge in [0, 0.05) is 16.1 Å². The smallest absolute Gasteiger partial charge is 0.353 e. The minimum Gasteiger partial charge on any atom is -0.477 e. The summed E-state index contributed by atoms with van der Waals surface area (Å²) >= 11 is 1.33. The normalized spacial score (nSPS) is 36.0. The average molecular weight is 369 g/mol. The molecule has 3 heterocycles. The Morgan fingerprint density at radius 1 is 1.44 bits per heavy atom. The van der Waals surface area contributed by atoms with Crippen molar-refractivity contribution in [3.05, 3.63) is 10.6 Å². The van der Waals surface area contributed by atoms with Crippen LogP contribution in [-0.4, -0.2) is 62.9 Å². The number of nitrogens with zero attached hydrogens (tertiary/aromatic N) is 1. The number of hydrogen-bond acceptors (Lipinski definition) is 6. The third-order valence-corrected chi connectivity index (χ3v) is 6.93. The van der Waals surface area contributed by atoms with Crippen molar-refractivity contribution in [1.82, 2.24) is 10.2 Å². The van der Waals surface area contributed by atoms with Crippen LogP contribution in [0.2, 0.25) is 0 Å². The first-order valence-electron chi connectivity index (χ1n) is 8.43. The maximum absolute atomic E-state index is 12.3. The molecule has 0 saturated carbocycles. The SMILES string of the molecule is C[C@@H](O)[C@H]1C(=O)N2C(C(=O)O)=C(S[C@H]3CCCN[C@H]3C(N)=O)[C@H](C)[C@H]12. The number of carbonyl (C=O) groups excluding carboxylic acids is 2. The molecule has 2 fully saturated rings. The topological polar surface area (TPSA) is 133 Å². The molecular formula is C16H23N3O5S. The van der Waals surface area contributed by atoms with Crippen molar-refractivity contribution in [3.63, 3.8) is 0 Å². The second-order valence-electron chi connectivity index (χ2n) is 6.90. The number of amides is 2. The van der Waals surface area contributed by atoms with Crippen molar-refractivity contribution in [3.8, 4) is 0 Å². The molecule has 9 heteroatoms. The second-order valence-corrected chi connectivity index (χ2v) is 8.19. The number of carboxylic acids is 1. The van der Waals surface area contributed by atoms with E-state index < -0.39 is 29.9 Å². The number of rotatable bonds is 5. The van der Waals surface area contributed by atoms with E-state index >= 15 is 0 Å². The molecule has 3 aliphatic rings. The van der Waals surface area contributed by atoms with Gasteiger partial charge in [-0.15, -0.1) is 11.8 Å². The van der Waals surface area contributed by atoms with Crippen LogP contribution in [0.1, 0.15) is 26.7 Å². The van der Waals surface area contributed by atoms with E-state index in [2.05, 4.69) is 5.32 Å². The molecular weight excluding hydrogens is 346 g/mol. The molecule has 3 aliphatic heterocycles. The minimum absolute atomic E-state index is 0.0156. The molecule has 0 bridgehead atoms. The molecule has 0 spiro atoms. The van der Waals surface area contributed by atoms with Crippen LogP contribution in [0.15, 0.2) is 10.6 Å². The fraction of sp³-hybridized carbons (Fsp3) is 0.688. The number of piperidine rings is 1. The number of aliphatic hydroxyl groups excluding tert-OH is 1. The zero-order chi connectivity index (χ0) is 18.5. The van der Waals surface area contributed by atoms with Crippen LogP contribution in [0.25, 0.3) is 0 Å². The van der Waals surface area contributed by atoms with Crippen molar-refractivity contribution >= 4 is 29.5 Å². The predicted molar refractivity (Wildman–Crippen MR) is 91.2 cm³/mol. The van der Waals surface area contributed by atoms with Crippen LogP contribution >= 0.6 is 11.8 Å². The van der Waals surface area contributed by atoms with Gasteiger partial charge in [-0.25, -0.2) is 4.79 Å². The number of hydrogen-bond donors (Lipinski definition) is 4. The van der Waals surface area contributed by atoms with Crippen LogP contribution in [0.4, 0.5) is 0 Å². The van der Waals surface area contributed by atoms with Gasteiger partial charge in [-0.05, 0) is 26.3 Å². The lowest BCUT2D eigenvalue weighted by Crippen LogP contribution is -2.63. The van der Waals surface area contributed by atoms with E-state index in [0.717, 1.165) is 12.8 Å². The summed E-state index contributed by atoms with van der Waals surface area (Å²) in [5, 5.41) is 22.4. The van der Waals surface area contributed by atoms with Crippen LogP contribution in [0.5, 0.6) is 0 Å². The summed E-state index contributed by atoms with van der Waals surface area (Å²) in [6, 6.07) is -0.866. The Labute approximate surface area is 149 Å². The molecule has 6 atom stereocenters. The Morgan fingerprint density at radius 2 is 2.12 bits per heavy atom. The van der Waals surface area contributed by atoms with Gasteiger partial charge >= 0.3 is 5.97 Å². The zero-order valence-electron chi connectivity index (χ0n) is 14.1. The number of fused-ring (bicyclic) bond motifs is 1. The highest BCUT2D eigenvalue weighted by molar-refractivity contribution is 8.03. The maximum atomic E-state index is 12.3. The summed E-state index contributed by atoms with van der Waals surface area (Å²) < 4.78 is 0. The van der Waals surface area contributed by atoms with Crippen molar-refractivity contribution in [2.45, 2.75) is 50.1 Å². The molecule has 2 saturated heterocycles. The van der Waals surface area contributed by atoms with Crippen molar-refractivity contribution < 1.29 is 24.6 Å². The van der Waals surface area contributed by atoms with Crippen molar-refractivity contribution in [2.24, 2.45) is 17.6 Å². The van der Waals surface area contributed by atoms with Gasteiger partial charge < -0.3 is 26.2 Å². The van der Waals surface area contributed by atoms with Gasteiger partial charge in [0.2, 0.25) is 11.8 Å². The molecule has 3 rings (SSSR count). The summed E-state index contributed by atoms with van der Waals surface area (Å²) in [7, 11) is 0. The third kappa shape index (κ3) is 2.84. The van der Waals surface area contributed by atoms with Crippen LogP contribution in [-0.2, 0) is 14.4 Å². The molecule has 0 aromatic heterocycles. The molecule has 0 unspecified atom stereocenters. The molecule has 25 heavy (non-hydrogen) atoms. The van der Waals surface area contributed by atoms with E-state index in [1.807, 2.05) is 6.92 Å². The third-order valence-electron chi connectivity index (χ3n) is 5.30. The van der Waals surface area contributed by atoms with Crippen LogP contribution in [0.3, 0.4) is 0 Å². The van der Waals surface area contributed by atoms with E-state index in [1.54, 1.807) is 6.92 Å². The Morgan fingerprint density at radius 3 is 2.68 bits per heavy atom. The molecule has 0 radical (unpaired) electrons. The lowest BCUT2D eigenvalue weighted by Gasteiger charge is -2.46. The number of carboxylic acid groups (broad SMARTS) is 1. The fourth-order valence-corrected chi connectivity index (χ4v) is 5.74. The Balaban J connectivity index is 1.90. The van der Waals surface area contributed by atoms with E-state index in [4.69, 9.17) is 5.73 Å². The number of thioether (sulfide) groups is 1. The van der Waals surface area contributed by atoms with Gasteiger partial charge in [-0.1, -0.05) is 6.92 Å². The first-order chi connectivity index (χ1) is 11.8. The summed E-state index contributed by atoms with van der Waals surface area (Å²) in [6.07, 6.45) is 0.783. The van der Waals surface area contributed by atoms with Crippen molar-refractivity contribution in [1.29, 1.82) is 0 Å². The summed E-state index contributed by atoms with van der Waals surface area (Å²) in [5.41, 5.74) is 5.45. The second kappa shape index (κ2) is 6.62. The molecule has 0 aromatic rings. The summed E-state index contributed by atoms with van der Waals surface area (Å²) in [5.74, 6) is -2.76. The van der Waals surface area contributed by atoms with Crippen molar-refractivity contribution in [2.75, 3.05) is 6.54 Å². The Bertz CT molecular complexity index is 650. The van der Waals surface area contributed by atoms with Gasteiger partial charge in [0.05, 0.1) is 24.1 Å². The molecule has 138 valence electrons. The summed E-state index contributed by atoms with van der Waals surface area (Å²) in [4.78, 5) is 37.7. The molecule has 0 aliphatic carbocycles. The van der Waals surface area contributed by atoms with E-state index in [-0.39, 0.29) is 28.8 Å². The molecule has 0 aromatic carbocycles. The number of nitrogens with one attached hydrogen (secondary N) is 1. The van der Waals surface area contributed by atoms with Crippen LogP contribution in [0, 0.1) is 11.8 Å². The standard InChI is InChI=1S/C16H23N3O5S/c1-6-11-9(7(2)20)15(22)19(11)12(16(23)24)13(6)25-8-4-3-5-18-10(8)14(17)21/h6-11,18,20H,3-5H2,1-2H3,(H2,17,21)(H,23,24)/t6-,7-,8+,9-,10-,11-/m1/s1. The highest BCUT2D eigenvalue weighted by Crippen LogP contribution is 2.52. The fourth-order valence-electron chi connectivity index (χ4n) is 4.11. The average Bonchev–Trinajstić information content (AvgIpc) is 2.77. The zero-order valence-corrected chi connectivity index (χ0v) is 15.0. The number of β-lactam (4-membered cyclic amide) rings is 1. The summed E-state index contributed by atoms with van der Waals surface area (Å²) in [6.45, 7) is 4.11. The highest BCUT2D eigenvalue weighted by atomic mass is 32.2. The largest absolute Gasteiger partial charge is 0.477 e. The number of nitrogens with two attached hydrogens (primary N) is 1. The van der Waals surface area contributed by atoms with Gasteiger partial charge in [0.15, 0.2) is 0 Å². The van der Waals surface area contributed by atoms with Gasteiger partial charge in [-0.3, -0.25) is 9.59 Å². The van der Waals surface area contributed by atoms with E-state index in [9.17, 15) is 24.6 Å². The van der Waals surface area contributed by atoms with Gasteiger partial charge in [-0.2, -0.15) is 0 Å². The Kier molecular flexibility index (Phi) is 4.82. The quantitative estimate of drug-likeness (QED) is 0.479. The lowest BCUT2D eigenvalue weighted by atomic mass is 9.79. The van der Waals surface area contributed by atoms with Gasteiger partial charge in [0.1, 0.15) is 5.70 Å². The number of aliphatic carboxylic acids is 1. The van der Waals surface area contributed by atoms with E-state index in [0.29, 0.717) is 11.4 Å². The molecule has 5 N–H and O–H groups in total. The van der Waals surface area contributed by atoms with E-state index in [1.165, 1.54) is 16.7 Å². The predicted octanol–water partition coefficient (Wildman–Crippen LogP) is -0.521. The minimum atomic E-state index is -1.16. The van der Waals surface area contributed by atoms with Gasteiger partial charge in [0.25, 0.3) is 0 Å². The first kappa shape index (κ1) is 18.2. The number of primary amides is 1. The highest BCUT2D eigenvalue weighted by Gasteiger charge is 2.60. The first-order valence-corrected chi connectivity index (χ1v) is 9.31. The lowest BCUT2D eigenvalue weighted by molar-refractivity contribution is -0.163.